The average Bonchev–Trinajstić information content (AvgIpc) is 3.60. The summed E-state index contributed by atoms with van der Waals surface area (Å²) in [6.07, 6.45) is 7.45. The van der Waals surface area contributed by atoms with Crippen LogP contribution in [0.3, 0.4) is 0 Å². The fourth-order valence-corrected chi connectivity index (χ4v) is 7.61. The van der Waals surface area contributed by atoms with Gasteiger partial charge in [0.25, 0.3) is 0 Å². The number of aliphatic hydroxyl groups excluding tert-OH is 1. The maximum absolute atomic E-state index is 10.6. The number of fused-ring (bicyclic) bond motifs is 2. The van der Waals surface area contributed by atoms with Gasteiger partial charge in [0.1, 0.15) is 17.8 Å². The van der Waals surface area contributed by atoms with Crippen molar-refractivity contribution < 1.29 is 22.5 Å². The highest BCUT2D eigenvalue weighted by molar-refractivity contribution is 7.83. The van der Waals surface area contributed by atoms with Crippen molar-refractivity contribution in [2.45, 2.75) is 103 Å². The molecule has 0 spiro atoms. The van der Waals surface area contributed by atoms with Crippen LogP contribution in [-0.4, -0.2) is 59.7 Å². The molecule has 0 aliphatic heterocycles. The molecule has 0 radical (unpaired) electrons. The molecule has 3 aromatic rings. The van der Waals surface area contributed by atoms with Gasteiger partial charge in [-0.1, -0.05) is 52.0 Å². The highest BCUT2D eigenvalue weighted by Gasteiger charge is 2.45. The van der Waals surface area contributed by atoms with Crippen LogP contribution in [-0.2, 0) is 21.2 Å². The van der Waals surface area contributed by atoms with E-state index in [2.05, 4.69) is 85.3 Å². The zero-order chi connectivity index (χ0) is 30.9. The molecule has 2 aromatic heterocycles. The van der Waals surface area contributed by atoms with Gasteiger partial charge in [-0.15, -0.1) is 0 Å². The van der Waals surface area contributed by atoms with Crippen LogP contribution in [0.15, 0.2) is 42.9 Å². The Morgan fingerprint density at radius 1 is 1.17 bits per heavy atom. The number of anilines is 1. The lowest BCUT2D eigenvalue weighted by molar-refractivity contribution is 0.0480. The first-order valence-electron chi connectivity index (χ1n) is 14.8. The lowest BCUT2D eigenvalue weighted by Gasteiger charge is -2.40. The second-order valence-electron chi connectivity index (χ2n) is 13.0. The third-order valence-electron chi connectivity index (χ3n) is 9.07. The molecule has 0 bridgehead atoms. The quantitative estimate of drug-likeness (QED) is 0.188. The van der Waals surface area contributed by atoms with Gasteiger partial charge in [-0.05, 0) is 67.9 Å². The first kappa shape index (κ1) is 32.6. The van der Waals surface area contributed by atoms with Crippen molar-refractivity contribution in [3.8, 4) is 0 Å². The molecule has 2 heterocycles. The van der Waals surface area contributed by atoms with E-state index >= 15 is 0 Å². The normalized spacial score (nSPS) is 23.4. The van der Waals surface area contributed by atoms with Crippen LogP contribution in [0.25, 0.3) is 11.0 Å². The topological polar surface area (TPSA) is 139 Å². The lowest BCUT2D eigenvalue weighted by atomic mass is 10.00. The molecule has 232 valence electrons. The standard InChI is InChI=1S/C28H40N4O2Si.C2H7NO3S/c1-18(33)23-15-20(16-25(23)34-35(5,6)28(2,3)4)32-14-13-22-26(29-17-30-27(22)32)31-24-12-11-19-9-7-8-10-21(19)24;1-2-3-7(4,5)6/h7-10,13-14,17-18,20,23-25,33H,11-12,15-16H2,1-6H3,(H,29,30,31);3H,2H2,1H3,(H,4,5,6)/t18?,20-,23+,24+,25+;/m1./s1. The molecule has 1 saturated carbocycles. The molecule has 0 amide bonds. The predicted octanol–water partition coefficient (Wildman–Crippen LogP) is 5.65. The summed E-state index contributed by atoms with van der Waals surface area (Å²) in [5, 5.41) is 15.5. The minimum atomic E-state index is -3.92. The first-order valence-corrected chi connectivity index (χ1v) is 19.2. The summed E-state index contributed by atoms with van der Waals surface area (Å²) in [5.74, 6) is 1.02. The van der Waals surface area contributed by atoms with Crippen LogP contribution in [0, 0.1) is 5.92 Å². The number of rotatable bonds is 8. The van der Waals surface area contributed by atoms with Crippen LogP contribution >= 0.6 is 0 Å². The fourth-order valence-electron chi connectivity index (χ4n) is 5.87. The number of benzene rings is 1. The molecule has 2 aliphatic carbocycles. The van der Waals surface area contributed by atoms with Crippen LogP contribution in [0.5, 0.6) is 0 Å². The van der Waals surface area contributed by atoms with Gasteiger partial charge in [-0.3, -0.25) is 4.55 Å². The SMILES string of the molecule is CC(O)[C@@H]1C[C@@H](n2ccc3c(N[C@H]4CCc5ccccc54)ncnc32)C[C@@H]1O[Si](C)(C)C(C)(C)C.CCNS(=O)(=O)O. The van der Waals surface area contributed by atoms with Gasteiger partial charge in [-0.2, -0.15) is 13.1 Å². The summed E-state index contributed by atoms with van der Waals surface area (Å²) in [5.41, 5.74) is 3.76. The number of aliphatic hydroxyl groups is 1. The molecule has 2 aliphatic rings. The van der Waals surface area contributed by atoms with Crippen molar-refractivity contribution in [1.82, 2.24) is 19.3 Å². The van der Waals surface area contributed by atoms with E-state index in [1.165, 1.54) is 11.1 Å². The Labute approximate surface area is 251 Å². The van der Waals surface area contributed by atoms with Gasteiger partial charge < -0.3 is 19.4 Å². The predicted molar refractivity (Wildman–Crippen MR) is 169 cm³/mol. The Balaban J connectivity index is 0.000000517. The van der Waals surface area contributed by atoms with Gasteiger partial charge in [0.2, 0.25) is 0 Å². The Hall–Kier alpha value is -2.35. The molecule has 0 saturated heterocycles. The third kappa shape index (κ3) is 7.40. The van der Waals surface area contributed by atoms with Crippen molar-refractivity contribution in [2.24, 2.45) is 5.92 Å². The Morgan fingerprint density at radius 3 is 2.50 bits per heavy atom. The summed E-state index contributed by atoms with van der Waals surface area (Å²) in [6, 6.07) is 11.3. The second kappa shape index (κ2) is 12.7. The number of aryl methyl sites for hydroxylation is 1. The van der Waals surface area contributed by atoms with E-state index in [0.29, 0.717) is 0 Å². The third-order valence-corrected chi connectivity index (χ3v) is 14.2. The van der Waals surface area contributed by atoms with E-state index in [0.717, 1.165) is 42.5 Å². The maximum Gasteiger partial charge on any atom is 0.333 e. The minimum Gasteiger partial charge on any atom is -0.413 e. The van der Waals surface area contributed by atoms with Gasteiger partial charge >= 0.3 is 10.3 Å². The van der Waals surface area contributed by atoms with E-state index in [9.17, 15) is 13.5 Å². The summed E-state index contributed by atoms with van der Waals surface area (Å²) in [4.78, 5) is 9.31. The largest absolute Gasteiger partial charge is 0.413 e. The Kier molecular flexibility index (Phi) is 9.85. The number of nitrogens with zero attached hydrogens (tertiary/aromatic N) is 3. The fraction of sp³-hybridized carbons (Fsp3) is 0.600. The summed E-state index contributed by atoms with van der Waals surface area (Å²) in [6.45, 7) is 15.1. The molecule has 1 aromatic carbocycles. The van der Waals surface area contributed by atoms with Gasteiger partial charge in [-0.25, -0.2) is 9.97 Å². The zero-order valence-corrected chi connectivity index (χ0v) is 27.6. The van der Waals surface area contributed by atoms with Crippen molar-refractivity contribution in [1.29, 1.82) is 0 Å². The maximum atomic E-state index is 10.6. The van der Waals surface area contributed by atoms with Crippen molar-refractivity contribution in [3.05, 3.63) is 54.0 Å². The van der Waals surface area contributed by atoms with E-state index < -0.39 is 24.7 Å². The summed E-state index contributed by atoms with van der Waals surface area (Å²) in [7, 11) is -5.86. The molecule has 1 unspecified atom stereocenters. The van der Waals surface area contributed by atoms with Crippen LogP contribution in [0.1, 0.15) is 77.1 Å². The highest BCUT2D eigenvalue weighted by Crippen LogP contribution is 2.45. The summed E-state index contributed by atoms with van der Waals surface area (Å²) >= 11 is 0. The van der Waals surface area contributed by atoms with Gasteiger partial charge in [0.05, 0.1) is 23.6 Å². The number of aromatic nitrogens is 3. The van der Waals surface area contributed by atoms with E-state index in [1.54, 1.807) is 13.3 Å². The molecular formula is C30H47N5O5SSi. The molecule has 5 atom stereocenters. The van der Waals surface area contributed by atoms with Crippen LogP contribution in [0.4, 0.5) is 5.82 Å². The van der Waals surface area contributed by atoms with Crippen molar-refractivity contribution in [2.75, 3.05) is 11.9 Å². The minimum absolute atomic E-state index is 0.0627. The van der Waals surface area contributed by atoms with Crippen molar-refractivity contribution in [3.63, 3.8) is 0 Å². The number of hydrogen-bond acceptors (Lipinski definition) is 7. The average molecular weight is 618 g/mol. The number of nitrogens with one attached hydrogen (secondary N) is 2. The van der Waals surface area contributed by atoms with Crippen LogP contribution in [0.2, 0.25) is 18.1 Å². The van der Waals surface area contributed by atoms with Gasteiger partial charge in [0, 0.05) is 24.7 Å². The van der Waals surface area contributed by atoms with Crippen LogP contribution < -0.4 is 10.0 Å². The molecular weight excluding hydrogens is 571 g/mol. The molecule has 5 rings (SSSR count). The molecule has 4 N–H and O–H groups in total. The number of hydrogen-bond donors (Lipinski definition) is 4. The van der Waals surface area contributed by atoms with E-state index in [4.69, 9.17) is 14.0 Å². The molecule has 42 heavy (non-hydrogen) atoms. The van der Waals surface area contributed by atoms with Crippen molar-refractivity contribution >= 4 is 35.5 Å². The molecule has 10 nitrogen and oxygen atoms in total. The smallest absolute Gasteiger partial charge is 0.333 e. The van der Waals surface area contributed by atoms with E-state index in [-0.39, 0.29) is 35.7 Å². The Morgan fingerprint density at radius 2 is 1.88 bits per heavy atom. The van der Waals surface area contributed by atoms with Gasteiger partial charge in [0.15, 0.2) is 8.32 Å². The second-order valence-corrected chi connectivity index (χ2v) is 19.0. The first-order chi connectivity index (χ1) is 19.6. The Bertz CT molecular complexity index is 1470. The lowest BCUT2D eigenvalue weighted by Crippen LogP contribution is -2.46. The zero-order valence-electron chi connectivity index (χ0n) is 25.8. The highest BCUT2D eigenvalue weighted by atomic mass is 32.2. The molecule has 12 heteroatoms. The summed E-state index contributed by atoms with van der Waals surface area (Å²) < 4.78 is 38.2. The van der Waals surface area contributed by atoms with E-state index in [1.807, 2.05) is 11.6 Å². The monoisotopic (exact) mass is 617 g/mol. The molecule has 1 fully saturated rings.